The third-order valence-corrected chi connectivity index (χ3v) is 4.82. The standard InChI is InChI=1S/C20H23NO4/c22-16-6-7-17(18(23)13-16)15-8-10-21(11-9-15)20(25)19(24)12-14-4-2-1-3-5-14/h1-7,13,15,19,22-24H,8-12H2/t19-/m0/s1. The number of carbonyl (C=O) groups excluding carboxylic acids is 1. The Hall–Kier alpha value is -2.53. The van der Waals surface area contributed by atoms with E-state index in [0.29, 0.717) is 19.5 Å². The Morgan fingerprint density at radius 3 is 2.40 bits per heavy atom. The molecule has 3 N–H and O–H groups in total. The van der Waals surface area contributed by atoms with E-state index in [4.69, 9.17) is 0 Å². The largest absolute Gasteiger partial charge is 0.508 e. The van der Waals surface area contributed by atoms with E-state index in [1.54, 1.807) is 17.0 Å². The van der Waals surface area contributed by atoms with Crippen molar-refractivity contribution in [3.8, 4) is 11.5 Å². The van der Waals surface area contributed by atoms with Gasteiger partial charge in [0.1, 0.15) is 17.6 Å². The topological polar surface area (TPSA) is 81.0 Å². The molecule has 1 aliphatic heterocycles. The van der Waals surface area contributed by atoms with Crippen molar-refractivity contribution in [2.75, 3.05) is 13.1 Å². The summed E-state index contributed by atoms with van der Waals surface area (Å²) in [5.74, 6) is 0.0416. The van der Waals surface area contributed by atoms with Crippen LogP contribution in [0, 0.1) is 0 Å². The number of aromatic hydroxyl groups is 2. The highest BCUT2D eigenvalue weighted by Gasteiger charge is 2.28. The molecule has 5 nitrogen and oxygen atoms in total. The predicted octanol–water partition coefficient (Wildman–Crippen LogP) is 2.41. The minimum Gasteiger partial charge on any atom is -0.508 e. The number of likely N-dealkylation sites (tertiary alicyclic amines) is 1. The summed E-state index contributed by atoms with van der Waals surface area (Å²) in [4.78, 5) is 14.1. The van der Waals surface area contributed by atoms with Gasteiger partial charge in [0.25, 0.3) is 5.91 Å². The molecule has 132 valence electrons. The van der Waals surface area contributed by atoms with E-state index in [2.05, 4.69) is 0 Å². The number of rotatable bonds is 4. The molecule has 2 aromatic carbocycles. The summed E-state index contributed by atoms with van der Waals surface area (Å²) in [6.45, 7) is 1.10. The second-order valence-corrected chi connectivity index (χ2v) is 6.55. The zero-order valence-corrected chi connectivity index (χ0v) is 14.0. The minimum absolute atomic E-state index is 0.0397. The van der Waals surface area contributed by atoms with Crippen LogP contribution < -0.4 is 0 Å². The van der Waals surface area contributed by atoms with Crippen molar-refractivity contribution in [2.24, 2.45) is 0 Å². The van der Waals surface area contributed by atoms with Gasteiger partial charge < -0.3 is 20.2 Å². The molecule has 0 bridgehead atoms. The minimum atomic E-state index is -1.03. The van der Waals surface area contributed by atoms with Crippen LogP contribution in [0.4, 0.5) is 0 Å². The number of carbonyl (C=O) groups is 1. The molecule has 0 unspecified atom stereocenters. The van der Waals surface area contributed by atoms with Crippen molar-refractivity contribution < 1.29 is 20.1 Å². The average molecular weight is 341 g/mol. The Balaban J connectivity index is 1.57. The van der Waals surface area contributed by atoms with Crippen molar-refractivity contribution in [3.05, 3.63) is 59.7 Å². The highest BCUT2D eigenvalue weighted by atomic mass is 16.3. The first kappa shape index (κ1) is 17.3. The third kappa shape index (κ3) is 4.12. The SMILES string of the molecule is O=C([C@@H](O)Cc1ccccc1)N1CCC(c2ccc(O)cc2O)CC1. The molecule has 3 rings (SSSR count). The Kier molecular flexibility index (Phi) is 5.24. The first-order chi connectivity index (χ1) is 12.0. The maximum atomic E-state index is 12.5. The second kappa shape index (κ2) is 7.57. The lowest BCUT2D eigenvalue weighted by Gasteiger charge is -2.33. The van der Waals surface area contributed by atoms with Gasteiger partial charge in [-0.1, -0.05) is 36.4 Å². The Labute approximate surface area is 147 Å². The molecule has 2 aromatic rings. The summed E-state index contributed by atoms with van der Waals surface area (Å²) in [5.41, 5.74) is 1.74. The van der Waals surface area contributed by atoms with Crippen LogP contribution in [0.15, 0.2) is 48.5 Å². The maximum Gasteiger partial charge on any atom is 0.251 e. The zero-order valence-electron chi connectivity index (χ0n) is 14.0. The van der Waals surface area contributed by atoms with Gasteiger partial charge >= 0.3 is 0 Å². The fourth-order valence-corrected chi connectivity index (χ4v) is 3.42. The molecule has 0 spiro atoms. The molecular weight excluding hydrogens is 318 g/mol. The number of piperidine rings is 1. The van der Waals surface area contributed by atoms with Gasteiger partial charge in [0.2, 0.25) is 0 Å². The van der Waals surface area contributed by atoms with Crippen molar-refractivity contribution in [2.45, 2.75) is 31.3 Å². The van der Waals surface area contributed by atoms with Crippen LogP contribution in [-0.2, 0) is 11.2 Å². The number of nitrogens with zero attached hydrogens (tertiary/aromatic N) is 1. The van der Waals surface area contributed by atoms with Crippen LogP contribution in [-0.4, -0.2) is 45.3 Å². The number of aliphatic hydroxyl groups excluding tert-OH is 1. The van der Waals surface area contributed by atoms with E-state index in [-0.39, 0.29) is 23.3 Å². The van der Waals surface area contributed by atoms with Gasteiger partial charge in [0, 0.05) is 25.6 Å². The Bertz CT molecular complexity index is 724. The molecule has 0 radical (unpaired) electrons. The highest BCUT2D eigenvalue weighted by Crippen LogP contribution is 2.35. The van der Waals surface area contributed by atoms with Crippen molar-refractivity contribution in [3.63, 3.8) is 0 Å². The normalized spacial score (nSPS) is 16.6. The second-order valence-electron chi connectivity index (χ2n) is 6.55. The summed E-state index contributed by atoms with van der Waals surface area (Å²) < 4.78 is 0. The molecule has 1 atom stereocenters. The van der Waals surface area contributed by atoms with E-state index < -0.39 is 6.10 Å². The molecule has 1 saturated heterocycles. The number of hydrogen-bond donors (Lipinski definition) is 3. The van der Waals surface area contributed by atoms with Gasteiger partial charge in [-0.15, -0.1) is 0 Å². The van der Waals surface area contributed by atoms with E-state index in [1.165, 1.54) is 6.07 Å². The smallest absolute Gasteiger partial charge is 0.251 e. The maximum absolute atomic E-state index is 12.5. The molecule has 1 fully saturated rings. The molecule has 5 heteroatoms. The average Bonchev–Trinajstić information content (AvgIpc) is 2.62. The van der Waals surface area contributed by atoms with Crippen LogP contribution >= 0.6 is 0 Å². The number of phenolic OH excluding ortho intramolecular Hbond substituents is 2. The van der Waals surface area contributed by atoms with Gasteiger partial charge in [-0.05, 0) is 36.0 Å². The molecule has 1 heterocycles. The summed E-state index contributed by atoms with van der Waals surface area (Å²) in [6.07, 6.45) is 0.740. The van der Waals surface area contributed by atoms with Crippen LogP contribution in [0.5, 0.6) is 11.5 Å². The number of benzene rings is 2. The van der Waals surface area contributed by atoms with Gasteiger partial charge in [-0.25, -0.2) is 0 Å². The Morgan fingerprint density at radius 1 is 1.08 bits per heavy atom. The van der Waals surface area contributed by atoms with Crippen LogP contribution in [0.1, 0.15) is 29.9 Å². The summed E-state index contributed by atoms with van der Waals surface area (Å²) in [7, 11) is 0. The van der Waals surface area contributed by atoms with Gasteiger partial charge in [0.05, 0.1) is 0 Å². The fraction of sp³-hybridized carbons (Fsp3) is 0.350. The lowest BCUT2D eigenvalue weighted by atomic mass is 9.88. The zero-order chi connectivity index (χ0) is 17.8. The molecular formula is C20H23NO4. The summed E-state index contributed by atoms with van der Waals surface area (Å²) in [5, 5.41) is 29.6. The number of aliphatic hydroxyl groups is 1. The van der Waals surface area contributed by atoms with Crippen LogP contribution in [0.3, 0.4) is 0 Å². The number of amides is 1. The van der Waals surface area contributed by atoms with Gasteiger partial charge in [-0.3, -0.25) is 4.79 Å². The molecule has 25 heavy (non-hydrogen) atoms. The van der Waals surface area contributed by atoms with Crippen LogP contribution in [0.2, 0.25) is 0 Å². The van der Waals surface area contributed by atoms with Crippen LogP contribution in [0.25, 0.3) is 0 Å². The van der Waals surface area contributed by atoms with Crippen molar-refractivity contribution >= 4 is 5.91 Å². The number of phenols is 2. The first-order valence-corrected chi connectivity index (χ1v) is 8.57. The van der Waals surface area contributed by atoms with E-state index in [9.17, 15) is 20.1 Å². The fourth-order valence-electron chi connectivity index (χ4n) is 3.42. The van der Waals surface area contributed by atoms with Gasteiger partial charge in [-0.2, -0.15) is 0 Å². The van der Waals surface area contributed by atoms with Gasteiger partial charge in [0.15, 0.2) is 0 Å². The third-order valence-electron chi connectivity index (χ3n) is 4.82. The first-order valence-electron chi connectivity index (χ1n) is 8.57. The number of hydrogen-bond acceptors (Lipinski definition) is 4. The molecule has 0 saturated carbocycles. The molecule has 0 aliphatic carbocycles. The Morgan fingerprint density at radius 2 is 1.76 bits per heavy atom. The van der Waals surface area contributed by atoms with E-state index in [0.717, 1.165) is 24.0 Å². The van der Waals surface area contributed by atoms with E-state index in [1.807, 2.05) is 30.3 Å². The van der Waals surface area contributed by atoms with Crippen molar-refractivity contribution in [1.82, 2.24) is 4.90 Å². The predicted molar refractivity (Wildman–Crippen MR) is 94.5 cm³/mol. The summed E-state index contributed by atoms with van der Waals surface area (Å²) in [6, 6.07) is 14.1. The van der Waals surface area contributed by atoms with E-state index >= 15 is 0 Å². The lowest BCUT2D eigenvalue weighted by molar-refractivity contribution is -0.141. The monoisotopic (exact) mass is 341 g/mol. The highest BCUT2D eigenvalue weighted by molar-refractivity contribution is 5.81. The molecule has 1 aliphatic rings. The lowest BCUT2D eigenvalue weighted by Crippen LogP contribution is -2.44. The van der Waals surface area contributed by atoms with Crippen molar-refractivity contribution in [1.29, 1.82) is 0 Å². The molecule has 1 amide bonds. The quantitative estimate of drug-likeness (QED) is 0.798. The molecule has 0 aromatic heterocycles. The summed E-state index contributed by atoms with van der Waals surface area (Å²) >= 11 is 0.